The minimum atomic E-state index is -0.458. The number of aryl methyl sites for hydroxylation is 1. The molecule has 24 heavy (non-hydrogen) atoms. The molecule has 0 aliphatic heterocycles. The number of thiophene rings is 1. The molecule has 2 aromatic rings. The summed E-state index contributed by atoms with van der Waals surface area (Å²) in [6.07, 6.45) is 1.72. The van der Waals surface area contributed by atoms with E-state index in [1.54, 1.807) is 0 Å². The Hall–Kier alpha value is -2.14. The normalized spacial score (nSPS) is 10.7. The minimum absolute atomic E-state index is 0.126. The maximum Gasteiger partial charge on any atom is 0.349 e. The molecule has 2 rings (SSSR count). The van der Waals surface area contributed by atoms with Crippen molar-refractivity contribution < 1.29 is 14.3 Å². The molecule has 0 saturated heterocycles. The lowest BCUT2D eigenvalue weighted by atomic mass is 10.1. The number of amides is 1. The van der Waals surface area contributed by atoms with Crippen molar-refractivity contribution in [3.05, 3.63) is 46.2 Å². The van der Waals surface area contributed by atoms with Crippen molar-refractivity contribution in [1.29, 1.82) is 0 Å². The summed E-state index contributed by atoms with van der Waals surface area (Å²) in [5, 5.41) is 4.71. The first-order chi connectivity index (χ1) is 11.5. The standard InChI is InChI=1S/C19H23NO3S/c1-4-15(5-2)20-17(21)12-23-19(22)18-16(10-11-24-18)14-8-6-13(3)7-9-14/h6-11,15H,4-5,12H2,1-3H3,(H,20,21). The molecule has 0 unspecified atom stereocenters. The van der Waals surface area contributed by atoms with Crippen LogP contribution < -0.4 is 5.32 Å². The van der Waals surface area contributed by atoms with Gasteiger partial charge in [0, 0.05) is 11.6 Å². The molecule has 0 fully saturated rings. The molecule has 4 nitrogen and oxygen atoms in total. The lowest BCUT2D eigenvalue weighted by molar-refractivity contribution is -0.125. The first-order valence-corrected chi connectivity index (χ1v) is 9.04. The van der Waals surface area contributed by atoms with E-state index in [1.165, 1.54) is 11.3 Å². The van der Waals surface area contributed by atoms with Crippen LogP contribution in [-0.4, -0.2) is 24.5 Å². The van der Waals surface area contributed by atoms with Crippen LogP contribution >= 0.6 is 11.3 Å². The van der Waals surface area contributed by atoms with Crippen molar-refractivity contribution in [3.8, 4) is 11.1 Å². The number of benzene rings is 1. The van der Waals surface area contributed by atoms with Gasteiger partial charge >= 0.3 is 5.97 Å². The molecular weight excluding hydrogens is 322 g/mol. The fourth-order valence-electron chi connectivity index (χ4n) is 2.39. The second-order valence-corrected chi connectivity index (χ2v) is 6.60. The monoisotopic (exact) mass is 345 g/mol. The maximum atomic E-state index is 12.3. The number of nitrogens with one attached hydrogen (secondary N) is 1. The molecule has 0 spiro atoms. The van der Waals surface area contributed by atoms with Crippen LogP contribution in [0.3, 0.4) is 0 Å². The lowest BCUT2D eigenvalue weighted by Gasteiger charge is -2.14. The third-order valence-electron chi connectivity index (χ3n) is 3.90. The Morgan fingerprint density at radius 2 is 1.79 bits per heavy atom. The summed E-state index contributed by atoms with van der Waals surface area (Å²) in [7, 11) is 0. The maximum absolute atomic E-state index is 12.3. The highest BCUT2D eigenvalue weighted by Gasteiger charge is 2.18. The number of carbonyl (C=O) groups is 2. The topological polar surface area (TPSA) is 55.4 Å². The second kappa shape index (κ2) is 8.64. The fourth-order valence-corrected chi connectivity index (χ4v) is 3.19. The molecule has 1 aromatic carbocycles. The molecule has 0 radical (unpaired) electrons. The van der Waals surface area contributed by atoms with Gasteiger partial charge in [0.25, 0.3) is 5.91 Å². The van der Waals surface area contributed by atoms with E-state index in [-0.39, 0.29) is 18.6 Å². The van der Waals surface area contributed by atoms with E-state index in [4.69, 9.17) is 4.74 Å². The molecule has 1 amide bonds. The van der Waals surface area contributed by atoms with Crippen molar-refractivity contribution in [2.75, 3.05) is 6.61 Å². The van der Waals surface area contributed by atoms with Crippen LogP contribution in [0.1, 0.15) is 41.9 Å². The molecule has 0 bridgehead atoms. The summed E-state index contributed by atoms with van der Waals surface area (Å²) >= 11 is 1.33. The highest BCUT2D eigenvalue weighted by molar-refractivity contribution is 7.12. The van der Waals surface area contributed by atoms with Gasteiger partial charge in [-0.3, -0.25) is 4.79 Å². The molecule has 0 aliphatic rings. The summed E-state index contributed by atoms with van der Waals surface area (Å²) in [4.78, 5) is 24.7. The van der Waals surface area contributed by atoms with Crippen LogP contribution in [0.2, 0.25) is 0 Å². The van der Waals surface area contributed by atoms with Crippen molar-refractivity contribution in [3.63, 3.8) is 0 Å². The van der Waals surface area contributed by atoms with Crippen LogP contribution in [0.5, 0.6) is 0 Å². The van der Waals surface area contributed by atoms with E-state index in [2.05, 4.69) is 5.32 Å². The van der Waals surface area contributed by atoms with Gasteiger partial charge in [0.15, 0.2) is 6.61 Å². The summed E-state index contributed by atoms with van der Waals surface area (Å²) < 4.78 is 5.18. The number of rotatable bonds is 7. The second-order valence-electron chi connectivity index (χ2n) is 5.69. The largest absolute Gasteiger partial charge is 0.451 e. The quantitative estimate of drug-likeness (QED) is 0.766. The Balaban J connectivity index is 2.00. The van der Waals surface area contributed by atoms with E-state index in [0.29, 0.717) is 4.88 Å². The molecule has 5 heteroatoms. The highest BCUT2D eigenvalue weighted by atomic mass is 32.1. The summed E-state index contributed by atoms with van der Waals surface area (Å²) in [6.45, 7) is 5.80. The van der Waals surface area contributed by atoms with Gasteiger partial charge in [-0.15, -0.1) is 11.3 Å². The van der Waals surface area contributed by atoms with E-state index in [0.717, 1.165) is 29.5 Å². The Kier molecular flexibility index (Phi) is 6.55. The number of carbonyl (C=O) groups excluding carboxylic acids is 2. The predicted molar refractivity (Wildman–Crippen MR) is 97.3 cm³/mol. The molecule has 0 saturated carbocycles. The van der Waals surface area contributed by atoms with Gasteiger partial charge in [0.05, 0.1) is 0 Å². The molecule has 0 aliphatic carbocycles. The van der Waals surface area contributed by atoms with Crippen molar-refractivity contribution in [2.45, 2.75) is 39.7 Å². The van der Waals surface area contributed by atoms with Gasteiger partial charge in [-0.1, -0.05) is 43.7 Å². The van der Waals surface area contributed by atoms with E-state index in [1.807, 2.05) is 56.5 Å². The molecule has 1 heterocycles. The summed E-state index contributed by atoms with van der Waals surface area (Å²) in [6, 6.07) is 10.00. The Bertz CT molecular complexity index is 687. The van der Waals surface area contributed by atoms with Crippen molar-refractivity contribution in [2.24, 2.45) is 0 Å². The summed E-state index contributed by atoms with van der Waals surface area (Å²) in [5.74, 6) is -0.717. The average molecular weight is 345 g/mol. The molecule has 128 valence electrons. The van der Waals surface area contributed by atoms with Gasteiger partial charge in [0.1, 0.15) is 4.88 Å². The number of ether oxygens (including phenoxy) is 1. The SMILES string of the molecule is CCC(CC)NC(=O)COC(=O)c1sccc1-c1ccc(C)cc1. The summed E-state index contributed by atoms with van der Waals surface area (Å²) in [5.41, 5.74) is 2.97. The van der Waals surface area contributed by atoms with Gasteiger partial charge in [0.2, 0.25) is 0 Å². The zero-order valence-corrected chi connectivity index (χ0v) is 15.1. The first kappa shape index (κ1) is 18.2. The van der Waals surface area contributed by atoms with Crippen LogP contribution in [-0.2, 0) is 9.53 Å². The van der Waals surface area contributed by atoms with Crippen LogP contribution in [0.4, 0.5) is 0 Å². The third kappa shape index (κ3) is 4.68. The molecule has 1 aromatic heterocycles. The number of esters is 1. The van der Waals surface area contributed by atoms with Gasteiger partial charge in [-0.2, -0.15) is 0 Å². The zero-order valence-electron chi connectivity index (χ0n) is 14.3. The lowest BCUT2D eigenvalue weighted by Crippen LogP contribution is -2.36. The van der Waals surface area contributed by atoms with Gasteiger partial charge in [-0.25, -0.2) is 4.79 Å². The van der Waals surface area contributed by atoms with Crippen molar-refractivity contribution >= 4 is 23.2 Å². The Morgan fingerprint density at radius 3 is 2.42 bits per heavy atom. The van der Waals surface area contributed by atoms with E-state index >= 15 is 0 Å². The average Bonchev–Trinajstić information content (AvgIpc) is 3.08. The Labute approximate surface area is 146 Å². The molecule has 1 N–H and O–H groups in total. The van der Waals surface area contributed by atoms with Gasteiger partial charge < -0.3 is 10.1 Å². The van der Waals surface area contributed by atoms with Gasteiger partial charge in [-0.05, 0) is 36.8 Å². The minimum Gasteiger partial charge on any atom is -0.451 e. The Morgan fingerprint density at radius 1 is 1.12 bits per heavy atom. The smallest absolute Gasteiger partial charge is 0.349 e. The van der Waals surface area contributed by atoms with Crippen LogP contribution in [0, 0.1) is 6.92 Å². The third-order valence-corrected chi connectivity index (χ3v) is 4.79. The predicted octanol–water partition coefficient (Wildman–Crippen LogP) is 4.19. The van der Waals surface area contributed by atoms with E-state index < -0.39 is 5.97 Å². The number of hydrogen-bond acceptors (Lipinski definition) is 4. The molecular formula is C19H23NO3S. The van der Waals surface area contributed by atoms with Crippen molar-refractivity contribution in [1.82, 2.24) is 5.32 Å². The number of hydrogen-bond donors (Lipinski definition) is 1. The van der Waals surface area contributed by atoms with E-state index in [9.17, 15) is 9.59 Å². The molecule has 0 atom stereocenters. The first-order valence-electron chi connectivity index (χ1n) is 8.16. The fraction of sp³-hybridized carbons (Fsp3) is 0.368. The van der Waals surface area contributed by atoms with Crippen LogP contribution in [0.15, 0.2) is 35.7 Å². The zero-order chi connectivity index (χ0) is 17.5. The van der Waals surface area contributed by atoms with Crippen LogP contribution in [0.25, 0.3) is 11.1 Å². The highest BCUT2D eigenvalue weighted by Crippen LogP contribution is 2.29.